The van der Waals surface area contributed by atoms with Gasteiger partial charge < -0.3 is 4.74 Å². The van der Waals surface area contributed by atoms with Gasteiger partial charge in [0.1, 0.15) is 5.75 Å². The van der Waals surface area contributed by atoms with Gasteiger partial charge in [-0.3, -0.25) is 19.7 Å². The number of nitro benzene ring substituents is 1. The second-order valence-electron chi connectivity index (χ2n) is 6.47. The van der Waals surface area contributed by atoms with E-state index in [0.717, 1.165) is 17.7 Å². The number of nitro groups is 1. The van der Waals surface area contributed by atoms with E-state index in [1.165, 1.54) is 25.3 Å². The topological polar surface area (TPSA) is 89.8 Å². The van der Waals surface area contributed by atoms with Gasteiger partial charge >= 0.3 is 0 Å². The van der Waals surface area contributed by atoms with Gasteiger partial charge in [0, 0.05) is 6.07 Å². The molecule has 4 atom stereocenters. The lowest BCUT2D eigenvalue weighted by molar-refractivity contribution is -0.384. The molecule has 0 unspecified atom stereocenters. The van der Waals surface area contributed by atoms with E-state index in [1.54, 1.807) is 0 Å². The first kappa shape index (κ1) is 14.9. The average Bonchev–Trinajstić information content (AvgIpc) is 2.88. The maximum absolute atomic E-state index is 12.9. The molecule has 7 nitrogen and oxygen atoms in total. The fourth-order valence-corrected chi connectivity index (χ4v) is 4.28. The van der Waals surface area contributed by atoms with E-state index in [9.17, 15) is 19.7 Å². The molecule has 1 saturated carbocycles. The van der Waals surface area contributed by atoms with Crippen LogP contribution in [-0.4, -0.2) is 23.8 Å². The minimum atomic E-state index is -0.538. The predicted octanol–water partition coefficient (Wildman–Crippen LogP) is 2.30. The molecule has 1 saturated heterocycles. The van der Waals surface area contributed by atoms with Gasteiger partial charge in [0.25, 0.3) is 5.69 Å². The number of ether oxygens (including phenoxy) is 1. The maximum atomic E-state index is 12.9. The van der Waals surface area contributed by atoms with Crippen molar-refractivity contribution < 1.29 is 19.2 Å². The maximum Gasteiger partial charge on any atom is 0.273 e. The molecular weight excluding hydrogens is 312 g/mol. The highest BCUT2D eigenvalue weighted by Crippen LogP contribution is 2.51. The second kappa shape index (κ2) is 5.15. The smallest absolute Gasteiger partial charge is 0.273 e. The molecule has 1 aliphatic heterocycles. The molecule has 1 heterocycles. The van der Waals surface area contributed by atoms with Gasteiger partial charge in [0.05, 0.1) is 35.6 Å². The Hall–Kier alpha value is -2.70. The number of benzene rings is 1. The van der Waals surface area contributed by atoms with E-state index in [0.29, 0.717) is 0 Å². The van der Waals surface area contributed by atoms with Crippen molar-refractivity contribution in [3.63, 3.8) is 0 Å². The number of hydrogen-bond donors (Lipinski definition) is 0. The number of rotatable bonds is 3. The molecule has 7 heteroatoms. The van der Waals surface area contributed by atoms with Crippen molar-refractivity contribution in [2.45, 2.75) is 12.8 Å². The molecule has 2 amide bonds. The van der Waals surface area contributed by atoms with Gasteiger partial charge in [0.15, 0.2) is 0 Å². The molecule has 124 valence electrons. The van der Waals surface area contributed by atoms with Crippen LogP contribution in [0.3, 0.4) is 0 Å². The molecule has 24 heavy (non-hydrogen) atoms. The molecule has 0 N–H and O–H groups in total. The molecule has 1 aromatic rings. The number of non-ortho nitro benzene ring substituents is 1. The third kappa shape index (κ3) is 1.90. The Balaban J connectivity index is 1.77. The molecule has 4 aliphatic rings. The Bertz CT molecular complexity index is 755. The van der Waals surface area contributed by atoms with Crippen molar-refractivity contribution in [1.29, 1.82) is 0 Å². The van der Waals surface area contributed by atoms with Gasteiger partial charge in [-0.25, -0.2) is 4.90 Å². The summed E-state index contributed by atoms with van der Waals surface area (Å²) in [4.78, 5) is 37.4. The fraction of sp³-hybridized carbons (Fsp3) is 0.412. The summed E-state index contributed by atoms with van der Waals surface area (Å²) in [5, 5.41) is 10.9. The second-order valence-corrected chi connectivity index (χ2v) is 6.47. The average molecular weight is 328 g/mol. The van der Waals surface area contributed by atoms with Crippen molar-refractivity contribution in [3.05, 3.63) is 40.5 Å². The number of nitrogens with zero attached hydrogens (tertiary/aromatic N) is 2. The summed E-state index contributed by atoms with van der Waals surface area (Å²) in [5.74, 6) is -0.726. The van der Waals surface area contributed by atoms with E-state index in [4.69, 9.17) is 4.74 Å². The number of anilines is 1. The van der Waals surface area contributed by atoms with E-state index >= 15 is 0 Å². The highest BCUT2D eigenvalue weighted by Gasteiger charge is 2.57. The minimum absolute atomic E-state index is 0.102. The molecule has 3 aliphatic carbocycles. The lowest BCUT2D eigenvalue weighted by atomic mass is 9.63. The van der Waals surface area contributed by atoms with Gasteiger partial charge in [-0.15, -0.1) is 0 Å². The number of hydrogen-bond acceptors (Lipinski definition) is 5. The molecule has 1 aromatic carbocycles. The predicted molar refractivity (Wildman–Crippen MR) is 84.5 cm³/mol. The number of amides is 2. The molecule has 0 spiro atoms. The number of imide groups is 1. The first-order valence-electron chi connectivity index (χ1n) is 7.91. The van der Waals surface area contributed by atoms with Crippen LogP contribution in [-0.2, 0) is 9.59 Å². The molecule has 0 aromatic heterocycles. The van der Waals surface area contributed by atoms with E-state index in [2.05, 4.69) is 12.2 Å². The van der Waals surface area contributed by atoms with Crippen LogP contribution in [0.4, 0.5) is 11.4 Å². The lowest BCUT2D eigenvalue weighted by Crippen LogP contribution is -2.38. The van der Waals surface area contributed by atoms with Crippen LogP contribution < -0.4 is 9.64 Å². The Labute approximate surface area is 138 Å². The fourth-order valence-electron chi connectivity index (χ4n) is 4.28. The third-order valence-electron chi connectivity index (χ3n) is 5.37. The molecule has 2 bridgehead atoms. The Morgan fingerprint density at radius 2 is 1.71 bits per heavy atom. The zero-order chi connectivity index (χ0) is 17.0. The Morgan fingerprint density at radius 3 is 2.17 bits per heavy atom. The van der Waals surface area contributed by atoms with Gasteiger partial charge in [-0.1, -0.05) is 12.2 Å². The summed E-state index contributed by atoms with van der Waals surface area (Å²) in [7, 11) is 1.37. The molecule has 2 fully saturated rings. The zero-order valence-electron chi connectivity index (χ0n) is 13.0. The minimum Gasteiger partial charge on any atom is -0.494 e. The lowest BCUT2D eigenvalue weighted by Gasteiger charge is -2.38. The van der Waals surface area contributed by atoms with Crippen LogP contribution in [0.5, 0.6) is 5.75 Å². The quantitative estimate of drug-likeness (QED) is 0.367. The highest BCUT2D eigenvalue weighted by atomic mass is 16.6. The first-order valence-corrected chi connectivity index (χ1v) is 7.91. The molecular formula is C17H16N2O5. The number of carbonyl (C=O) groups excluding carboxylic acids is 2. The summed E-state index contributed by atoms with van der Waals surface area (Å²) in [6.07, 6.45) is 5.95. The van der Waals surface area contributed by atoms with Crippen molar-refractivity contribution in [1.82, 2.24) is 0 Å². The Morgan fingerprint density at radius 1 is 1.12 bits per heavy atom. The van der Waals surface area contributed by atoms with E-state index in [-0.39, 0.29) is 52.6 Å². The van der Waals surface area contributed by atoms with E-state index in [1.807, 2.05) is 0 Å². The van der Waals surface area contributed by atoms with Crippen molar-refractivity contribution in [3.8, 4) is 5.75 Å². The van der Waals surface area contributed by atoms with Crippen molar-refractivity contribution >= 4 is 23.2 Å². The number of carbonyl (C=O) groups is 2. The monoisotopic (exact) mass is 328 g/mol. The van der Waals surface area contributed by atoms with Crippen LogP contribution in [0.1, 0.15) is 12.8 Å². The van der Waals surface area contributed by atoms with Crippen molar-refractivity contribution in [2.24, 2.45) is 23.7 Å². The summed E-state index contributed by atoms with van der Waals surface area (Å²) >= 11 is 0. The number of fused-ring (bicyclic) bond motifs is 1. The van der Waals surface area contributed by atoms with Crippen LogP contribution in [0.15, 0.2) is 30.4 Å². The largest absolute Gasteiger partial charge is 0.494 e. The Kier molecular flexibility index (Phi) is 3.19. The van der Waals surface area contributed by atoms with Crippen LogP contribution in [0.25, 0.3) is 0 Å². The third-order valence-corrected chi connectivity index (χ3v) is 5.37. The molecule has 0 radical (unpaired) electrons. The first-order chi connectivity index (χ1) is 11.5. The summed E-state index contributed by atoms with van der Waals surface area (Å²) in [6.45, 7) is 0. The SMILES string of the molecule is COc1cc([N+](=O)[O-])ccc1N1C(=O)[C@@H]2[C@H](C1=O)[C@@H]1C=C[C@@H]2CC1. The molecule has 5 rings (SSSR count). The normalized spacial score (nSPS) is 30.6. The standard InChI is InChI=1S/C17H16N2O5/c1-24-13-8-11(19(22)23)6-7-12(13)18-16(20)14-9-2-3-10(5-4-9)15(14)17(18)21/h2-3,6-10,14-15H,4-5H2,1H3/t9-,10-,14-,15+/m1/s1. The van der Waals surface area contributed by atoms with Crippen molar-refractivity contribution in [2.75, 3.05) is 12.0 Å². The van der Waals surface area contributed by atoms with E-state index < -0.39 is 4.92 Å². The number of methoxy groups -OCH3 is 1. The summed E-state index contributed by atoms with van der Waals surface area (Å²) in [6, 6.07) is 3.94. The zero-order valence-corrected chi connectivity index (χ0v) is 13.0. The van der Waals surface area contributed by atoms with Gasteiger partial charge in [-0.05, 0) is 30.7 Å². The number of allylic oxidation sites excluding steroid dienone is 2. The van der Waals surface area contributed by atoms with Crippen LogP contribution >= 0.6 is 0 Å². The van der Waals surface area contributed by atoms with Crippen LogP contribution in [0, 0.1) is 33.8 Å². The summed E-state index contributed by atoms with van der Waals surface area (Å²) < 4.78 is 5.20. The van der Waals surface area contributed by atoms with Gasteiger partial charge in [0.2, 0.25) is 11.8 Å². The van der Waals surface area contributed by atoms with Crippen LogP contribution in [0.2, 0.25) is 0 Å². The van der Waals surface area contributed by atoms with Gasteiger partial charge in [-0.2, -0.15) is 0 Å². The highest BCUT2D eigenvalue weighted by molar-refractivity contribution is 6.23. The summed E-state index contributed by atoms with van der Waals surface area (Å²) in [5.41, 5.74) is 0.140.